The number of alkyl halides is 2. The second-order valence-corrected chi connectivity index (χ2v) is 3.05. The SMILES string of the molecule is CC.CC(C)C1CCOC1(F)F. The topological polar surface area (TPSA) is 9.23 Å². The first-order valence-electron chi connectivity index (χ1n) is 4.56. The van der Waals surface area contributed by atoms with Gasteiger partial charge in [0.1, 0.15) is 0 Å². The summed E-state index contributed by atoms with van der Waals surface area (Å²) in [5, 5.41) is 0. The van der Waals surface area contributed by atoms with Gasteiger partial charge in [0.25, 0.3) is 0 Å². The van der Waals surface area contributed by atoms with E-state index in [1.807, 2.05) is 13.8 Å². The fourth-order valence-electron chi connectivity index (χ4n) is 1.32. The Kier molecular flexibility index (Phi) is 4.68. The summed E-state index contributed by atoms with van der Waals surface area (Å²) in [6.07, 6.45) is -2.38. The van der Waals surface area contributed by atoms with Gasteiger partial charge < -0.3 is 4.74 Å². The van der Waals surface area contributed by atoms with Crippen molar-refractivity contribution in [1.29, 1.82) is 0 Å². The zero-order chi connectivity index (χ0) is 9.78. The van der Waals surface area contributed by atoms with Crippen molar-refractivity contribution in [3.05, 3.63) is 0 Å². The largest absolute Gasteiger partial charge is 0.358 e. The van der Waals surface area contributed by atoms with Gasteiger partial charge in [-0.05, 0) is 12.3 Å². The van der Waals surface area contributed by atoms with Crippen LogP contribution in [-0.2, 0) is 4.74 Å². The van der Waals surface area contributed by atoms with Gasteiger partial charge in [0.05, 0.1) is 12.5 Å². The lowest BCUT2D eigenvalue weighted by atomic mass is 9.94. The highest BCUT2D eigenvalue weighted by Crippen LogP contribution is 2.39. The number of hydrogen-bond donors (Lipinski definition) is 0. The molecule has 1 rings (SSSR count). The fourth-order valence-corrected chi connectivity index (χ4v) is 1.32. The smallest absolute Gasteiger partial charge is 0.320 e. The van der Waals surface area contributed by atoms with Crippen LogP contribution in [0.4, 0.5) is 8.78 Å². The first-order valence-corrected chi connectivity index (χ1v) is 4.56. The molecule has 1 heterocycles. The van der Waals surface area contributed by atoms with Gasteiger partial charge in [-0.3, -0.25) is 0 Å². The maximum absolute atomic E-state index is 12.6. The average molecular weight is 180 g/mol. The molecule has 0 aromatic rings. The van der Waals surface area contributed by atoms with Gasteiger partial charge in [-0.2, -0.15) is 8.78 Å². The molecule has 3 heteroatoms. The molecule has 1 fully saturated rings. The number of rotatable bonds is 1. The molecule has 1 aliphatic rings. The van der Waals surface area contributed by atoms with E-state index in [1.165, 1.54) is 0 Å². The van der Waals surface area contributed by atoms with Crippen LogP contribution in [0.5, 0.6) is 0 Å². The molecule has 1 nitrogen and oxygen atoms in total. The van der Waals surface area contributed by atoms with Crippen LogP contribution in [0.2, 0.25) is 0 Å². The quantitative estimate of drug-likeness (QED) is 0.601. The van der Waals surface area contributed by atoms with Gasteiger partial charge in [0.2, 0.25) is 0 Å². The van der Waals surface area contributed by atoms with E-state index in [9.17, 15) is 8.78 Å². The van der Waals surface area contributed by atoms with Crippen molar-refractivity contribution in [3.63, 3.8) is 0 Å². The third kappa shape index (κ3) is 2.70. The summed E-state index contributed by atoms with van der Waals surface area (Å²) in [5.74, 6) is -0.565. The summed E-state index contributed by atoms with van der Waals surface area (Å²) in [7, 11) is 0. The van der Waals surface area contributed by atoms with E-state index >= 15 is 0 Å². The Balaban J connectivity index is 0.000000561. The number of ether oxygens (including phenoxy) is 1. The van der Waals surface area contributed by atoms with Gasteiger partial charge in [-0.25, -0.2) is 0 Å². The van der Waals surface area contributed by atoms with Crippen LogP contribution < -0.4 is 0 Å². The predicted octanol–water partition coefficient (Wildman–Crippen LogP) is 3.30. The van der Waals surface area contributed by atoms with Crippen molar-refractivity contribution in [2.24, 2.45) is 11.8 Å². The molecule has 1 saturated heterocycles. The third-order valence-electron chi connectivity index (χ3n) is 1.96. The van der Waals surface area contributed by atoms with Crippen LogP contribution in [0.3, 0.4) is 0 Å². The van der Waals surface area contributed by atoms with E-state index in [4.69, 9.17) is 0 Å². The summed E-state index contributed by atoms with van der Waals surface area (Å²) >= 11 is 0. The highest BCUT2D eigenvalue weighted by molar-refractivity contribution is 4.76. The molecule has 0 aromatic heterocycles. The summed E-state index contributed by atoms with van der Waals surface area (Å²) in [4.78, 5) is 0. The van der Waals surface area contributed by atoms with Crippen molar-refractivity contribution < 1.29 is 13.5 Å². The Labute approximate surface area is 73.1 Å². The van der Waals surface area contributed by atoms with Crippen molar-refractivity contribution in [2.45, 2.75) is 40.2 Å². The molecular formula is C9H18F2O. The number of halogens is 2. The molecule has 74 valence electrons. The van der Waals surface area contributed by atoms with E-state index in [1.54, 1.807) is 13.8 Å². The fraction of sp³-hybridized carbons (Fsp3) is 1.00. The molecule has 0 bridgehead atoms. The Morgan fingerprint density at radius 1 is 1.33 bits per heavy atom. The molecule has 1 aliphatic heterocycles. The number of hydrogen-bond acceptors (Lipinski definition) is 1. The summed E-state index contributed by atoms with van der Waals surface area (Å²) in [6, 6.07) is 0. The van der Waals surface area contributed by atoms with E-state index in [-0.39, 0.29) is 12.5 Å². The minimum atomic E-state index is -2.87. The molecule has 0 spiro atoms. The zero-order valence-corrected chi connectivity index (χ0v) is 8.23. The third-order valence-corrected chi connectivity index (χ3v) is 1.96. The van der Waals surface area contributed by atoms with Crippen LogP contribution >= 0.6 is 0 Å². The zero-order valence-electron chi connectivity index (χ0n) is 8.23. The van der Waals surface area contributed by atoms with Gasteiger partial charge in [0, 0.05) is 0 Å². The second-order valence-electron chi connectivity index (χ2n) is 3.05. The van der Waals surface area contributed by atoms with Gasteiger partial charge in [0.15, 0.2) is 0 Å². The molecule has 1 unspecified atom stereocenters. The van der Waals surface area contributed by atoms with Crippen molar-refractivity contribution >= 4 is 0 Å². The van der Waals surface area contributed by atoms with E-state index in [2.05, 4.69) is 4.74 Å². The normalized spacial score (nSPS) is 26.8. The highest BCUT2D eigenvalue weighted by atomic mass is 19.3. The first-order chi connectivity index (χ1) is 5.54. The van der Waals surface area contributed by atoms with E-state index in [0.29, 0.717) is 6.42 Å². The molecule has 0 aliphatic carbocycles. The van der Waals surface area contributed by atoms with Crippen LogP contribution in [-0.4, -0.2) is 12.7 Å². The molecule has 0 N–H and O–H groups in total. The second kappa shape index (κ2) is 4.75. The molecule has 0 amide bonds. The monoisotopic (exact) mass is 180 g/mol. The molecule has 0 saturated carbocycles. The lowest BCUT2D eigenvalue weighted by molar-refractivity contribution is -0.237. The van der Waals surface area contributed by atoms with E-state index in [0.717, 1.165) is 0 Å². The lowest BCUT2D eigenvalue weighted by Gasteiger charge is -2.19. The molecule has 0 radical (unpaired) electrons. The van der Waals surface area contributed by atoms with Crippen molar-refractivity contribution in [1.82, 2.24) is 0 Å². The summed E-state index contributed by atoms with van der Waals surface area (Å²) < 4.78 is 29.6. The standard InChI is InChI=1S/C7H12F2O.C2H6/c1-5(2)6-3-4-10-7(6,8)9;1-2/h5-6H,3-4H2,1-2H3;1-2H3. The van der Waals surface area contributed by atoms with Gasteiger partial charge in [-0.1, -0.05) is 27.7 Å². The highest BCUT2D eigenvalue weighted by Gasteiger charge is 2.46. The van der Waals surface area contributed by atoms with Crippen LogP contribution in [0.1, 0.15) is 34.1 Å². The average Bonchev–Trinajstić information content (AvgIpc) is 2.33. The maximum atomic E-state index is 12.6. The lowest BCUT2D eigenvalue weighted by Crippen LogP contribution is -2.27. The predicted molar refractivity (Wildman–Crippen MR) is 45.2 cm³/mol. The van der Waals surface area contributed by atoms with Crippen molar-refractivity contribution in [3.8, 4) is 0 Å². The summed E-state index contributed by atoms with van der Waals surface area (Å²) in [6.45, 7) is 7.80. The summed E-state index contributed by atoms with van der Waals surface area (Å²) in [5.41, 5.74) is 0. The van der Waals surface area contributed by atoms with E-state index < -0.39 is 12.0 Å². The van der Waals surface area contributed by atoms with Crippen molar-refractivity contribution in [2.75, 3.05) is 6.61 Å². The molecule has 1 atom stereocenters. The maximum Gasteiger partial charge on any atom is 0.358 e. The Hall–Kier alpha value is -0.180. The first kappa shape index (κ1) is 11.8. The minimum Gasteiger partial charge on any atom is -0.320 e. The van der Waals surface area contributed by atoms with Crippen LogP contribution in [0.15, 0.2) is 0 Å². The van der Waals surface area contributed by atoms with Crippen LogP contribution in [0.25, 0.3) is 0 Å². The molecular weight excluding hydrogens is 162 g/mol. The Bertz CT molecular complexity index is 124. The minimum absolute atomic E-state index is 0.0116. The molecule has 0 aromatic carbocycles. The van der Waals surface area contributed by atoms with Gasteiger partial charge in [-0.15, -0.1) is 0 Å². The Morgan fingerprint density at radius 3 is 2.00 bits per heavy atom. The Morgan fingerprint density at radius 2 is 1.83 bits per heavy atom. The molecule has 12 heavy (non-hydrogen) atoms. The van der Waals surface area contributed by atoms with Crippen LogP contribution in [0, 0.1) is 11.8 Å². The van der Waals surface area contributed by atoms with Gasteiger partial charge >= 0.3 is 6.11 Å².